The minimum atomic E-state index is -5.15. The van der Waals surface area contributed by atoms with Gasteiger partial charge in [0.05, 0.1) is 0 Å². The molecule has 0 bridgehead atoms. The molecule has 2 aromatic carbocycles. The van der Waals surface area contributed by atoms with Crippen LogP contribution in [0.1, 0.15) is 11.1 Å². The number of benzene rings is 2. The van der Waals surface area contributed by atoms with Gasteiger partial charge in [-0.25, -0.2) is 0 Å². The second-order valence-electron chi connectivity index (χ2n) is 4.26. The van der Waals surface area contributed by atoms with E-state index in [0.29, 0.717) is 11.1 Å². The SMILES string of the molecule is F[Te]1(F)C(c2ccccc2)=CC=C1c1ccccc1. The molecular formula is C16H12F2Te. The Morgan fingerprint density at radius 3 is 1.32 bits per heavy atom. The van der Waals surface area contributed by atoms with Crippen LogP contribution in [0, 0.1) is 0 Å². The van der Waals surface area contributed by atoms with Crippen molar-refractivity contribution >= 4 is 26.6 Å². The Hall–Kier alpha value is -1.43. The van der Waals surface area contributed by atoms with E-state index in [1.165, 1.54) is 0 Å². The normalized spacial score (nSPS) is 18.6. The Bertz CT molecular complexity index is 585. The maximum atomic E-state index is 14.7. The second-order valence-corrected chi connectivity index (χ2v) is 9.45. The van der Waals surface area contributed by atoms with Gasteiger partial charge >= 0.3 is 116 Å². The van der Waals surface area contributed by atoms with Gasteiger partial charge in [-0.2, -0.15) is 0 Å². The molecule has 96 valence electrons. The van der Waals surface area contributed by atoms with Crippen LogP contribution in [0.15, 0.2) is 72.8 Å². The van der Waals surface area contributed by atoms with Gasteiger partial charge in [-0.1, -0.05) is 0 Å². The van der Waals surface area contributed by atoms with Gasteiger partial charge < -0.3 is 0 Å². The first-order valence-electron chi connectivity index (χ1n) is 5.95. The molecule has 1 aliphatic heterocycles. The third kappa shape index (κ3) is 2.25. The maximum absolute atomic E-state index is 14.7. The molecule has 0 amide bonds. The molecule has 19 heavy (non-hydrogen) atoms. The van der Waals surface area contributed by atoms with E-state index in [1.54, 1.807) is 60.7 Å². The van der Waals surface area contributed by atoms with Crippen LogP contribution in [0.4, 0.5) is 5.78 Å². The molecular weight excluding hydrogens is 358 g/mol. The number of allylic oxidation sites excluding steroid dienone is 2. The molecule has 0 fully saturated rings. The zero-order valence-electron chi connectivity index (χ0n) is 10.1. The van der Waals surface area contributed by atoms with E-state index in [2.05, 4.69) is 0 Å². The van der Waals surface area contributed by atoms with Crippen molar-refractivity contribution in [2.24, 2.45) is 0 Å². The molecule has 0 N–H and O–H groups in total. The Morgan fingerprint density at radius 1 is 0.579 bits per heavy atom. The summed E-state index contributed by atoms with van der Waals surface area (Å²) < 4.78 is 29.9. The molecule has 0 saturated carbocycles. The van der Waals surface area contributed by atoms with Crippen molar-refractivity contribution in [1.29, 1.82) is 0 Å². The van der Waals surface area contributed by atoms with Gasteiger partial charge in [-0.15, -0.1) is 0 Å². The molecule has 2 aromatic rings. The van der Waals surface area contributed by atoms with E-state index in [1.807, 2.05) is 12.1 Å². The summed E-state index contributed by atoms with van der Waals surface area (Å²) in [5, 5.41) is 0. The summed E-state index contributed by atoms with van der Waals surface area (Å²) in [6.07, 6.45) is 3.19. The number of rotatable bonds is 2. The van der Waals surface area contributed by atoms with E-state index in [-0.39, 0.29) is 7.24 Å². The fraction of sp³-hybridized carbons (Fsp3) is 0. The molecule has 0 aromatic heterocycles. The van der Waals surface area contributed by atoms with Gasteiger partial charge in [0.2, 0.25) is 0 Å². The summed E-state index contributed by atoms with van der Waals surface area (Å²) in [6, 6.07) is 17.9. The Morgan fingerprint density at radius 2 is 0.947 bits per heavy atom. The van der Waals surface area contributed by atoms with Crippen molar-refractivity contribution < 1.29 is 5.78 Å². The Labute approximate surface area is 116 Å². The van der Waals surface area contributed by atoms with Crippen LogP contribution < -0.4 is 0 Å². The average Bonchev–Trinajstić information content (AvgIpc) is 2.76. The van der Waals surface area contributed by atoms with Crippen LogP contribution in [-0.2, 0) is 0 Å². The molecule has 0 spiro atoms. The summed E-state index contributed by atoms with van der Waals surface area (Å²) >= 11 is -5.15. The first kappa shape index (κ1) is 12.6. The second kappa shape index (κ2) is 4.92. The summed E-state index contributed by atoms with van der Waals surface area (Å²) in [5.41, 5.74) is 1.30. The van der Waals surface area contributed by atoms with E-state index < -0.39 is 19.3 Å². The van der Waals surface area contributed by atoms with Crippen molar-refractivity contribution in [2.75, 3.05) is 0 Å². The molecule has 3 heteroatoms. The van der Waals surface area contributed by atoms with Crippen LogP contribution in [-0.4, -0.2) is 19.3 Å². The van der Waals surface area contributed by atoms with Crippen molar-refractivity contribution in [2.45, 2.75) is 0 Å². The zero-order valence-corrected chi connectivity index (χ0v) is 12.4. The van der Waals surface area contributed by atoms with Crippen molar-refractivity contribution in [3.05, 3.63) is 83.9 Å². The minimum absolute atomic E-state index is 0.252. The van der Waals surface area contributed by atoms with Crippen molar-refractivity contribution in [3.63, 3.8) is 0 Å². The summed E-state index contributed by atoms with van der Waals surface area (Å²) in [4.78, 5) is 0. The van der Waals surface area contributed by atoms with Gasteiger partial charge in [-0.3, -0.25) is 0 Å². The Kier molecular flexibility index (Phi) is 3.26. The van der Waals surface area contributed by atoms with Crippen LogP contribution in [0.25, 0.3) is 7.24 Å². The molecule has 0 nitrogen and oxygen atoms in total. The van der Waals surface area contributed by atoms with E-state index in [0.717, 1.165) is 0 Å². The molecule has 0 atom stereocenters. The molecule has 1 heterocycles. The molecule has 1 aliphatic rings. The monoisotopic (exact) mass is 372 g/mol. The zero-order chi connectivity index (χ0) is 13.3. The topological polar surface area (TPSA) is 0 Å². The number of halogens is 2. The number of hydrogen-bond donors (Lipinski definition) is 0. The first-order valence-corrected chi connectivity index (χ1v) is 10.0. The molecule has 0 aliphatic carbocycles. The summed E-state index contributed by atoms with van der Waals surface area (Å²) in [5.74, 6) is 0. The molecule has 0 saturated heterocycles. The summed E-state index contributed by atoms with van der Waals surface area (Å²) in [6.45, 7) is 0. The van der Waals surface area contributed by atoms with Gasteiger partial charge in [0, 0.05) is 0 Å². The third-order valence-electron chi connectivity index (χ3n) is 3.06. The summed E-state index contributed by atoms with van der Waals surface area (Å²) in [7, 11) is 0. The molecule has 3 rings (SSSR count). The van der Waals surface area contributed by atoms with Gasteiger partial charge in [0.15, 0.2) is 0 Å². The van der Waals surface area contributed by atoms with Gasteiger partial charge in [0.1, 0.15) is 0 Å². The fourth-order valence-corrected chi connectivity index (χ4v) is 6.64. The van der Waals surface area contributed by atoms with Crippen LogP contribution in [0.5, 0.6) is 0 Å². The molecule has 0 radical (unpaired) electrons. The molecule has 0 unspecified atom stereocenters. The standard InChI is InChI=1S/C16H12F2Te/c17-19(18)15(13-7-3-1-4-8-13)11-12-16(19)14-9-5-2-6-10-14/h1-12H. The third-order valence-corrected chi connectivity index (χ3v) is 8.33. The van der Waals surface area contributed by atoms with E-state index in [4.69, 9.17) is 0 Å². The quantitative estimate of drug-likeness (QED) is 0.677. The van der Waals surface area contributed by atoms with Crippen LogP contribution in [0.3, 0.4) is 0 Å². The Balaban J connectivity index is 1.99. The van der Waals surface area contributed by atoms with Crippen molar-refractivity contribution in [1.82, 2.24) is 0 Å². The number of hydrogen-bond acceptors (Lipinski definition) is 0. The first-order chi connectivity index (χ1) is 9.19. The fourth-order valence-electron chi connectivity index (χ4n) is 2.13. The van der Waals surface area contributed by atoms with Crippen LogP contribution >= 0.6 is 0 Å². The van der Waals surface area contributed by atoms with Crippen molar-refractivity contribution in [3.8, 4) is 0 Å². The average molecular weight is 370 g/mol. The van der Waals surface area contributed by atoms with E-state index in [9.17, 15) is 5.78 Å². The van der Waals surface area contributed by atoms with Crippen LogP contribution in [0.2, 0.25) is 0 Å². The van der Waals surface area contributed by atoms with Gasteiger partial charge in [-0.05, 0) is 0 Å². The van der Waals surface area contributed by atoms with E-state index >= 15 is 0 Å². The van der Waals surface area contributed by atoms with Gasteiger partial charge in [0.25, 0.3) is 0 Å². The predicted molar refractivity (Wildman–Crippen MR) is 76.8 cm³/mol. The predicted octanol–water partition coefficient (Wildman–Crippen LogP) is 4.63.